The Balaban J connectivity index is 2.31. The molecular weight excluding hydrogens is 326 g/mol. The van der Waals surface area contributed by atoms with Crippen LogP contribution in [0.1, 0.15) is 10.4 Å². The molecule has 10 heteroatoms. The Morgan fingerprint density at radius 3 is 2.71 bits per heavy atom. The summed E-state index contributed by atoms with van der Waals surface area (Å²) in [5.74, 6) is -1.86. The number of nitro groups is 1. The molecule has 1 aromatic heterocycles. The fraction of sp³-hybridized carbons (Fsp3) is 0. The summed E-state index contributed by atoms with van der Waals surface area (Å²) < 4.78 is 13.2. The van der Waals surface area contributed by atoms with E-state index in [-0.39, 0.29) is 21.6 Å². The zero-order valence-corrected chi connectivity index (χ0v) is 11.5. The van der Waals surface area contributed by atoms with E-state index in [2.05, 4.69) is 15.3 Å². The largest absolute Gasteiger partial charge is 0.305 e. The van der Waals surface area contributed by atoms with Crippen molar-refractivity contribution in [2.24, 2.45) is 0 Å². The van der Waals surface area contributed by atoms with Gasteiger partial charge in [-0.1, -0.05) is 23.2 Å². The molecule has 0 aliphatic heterocycles. The minimum atomic E-state index is -1.04. The number of nitrogens with one attached hydrogen (secondary N) is 1. The molecular formula is C11H5Cl2FN4O3. The van der Waals surface area contributed by atoms with Gasteiger partial charge in [-0.05, 0) is 12.1 Å². The van der Waals surface area contributed by atoms with Crippen molar-refractivity contribution in [2.75, 3.05) is 5.32 Å². The topological polar surface area (TPSA) is 98.0 Å². The molecule has 1 heterocycles. The van der Waals surface area contributed by atoms with E-state index in [1.165, 1.54) is 0 Å². The van der Waals surface area contributed by atoms with Gasteiger partial charge in [-0.2, -0.15) is 4.39 Å². The molecule has 1 N–H and O–H groups in total. The second-order valence-corrected chi connectivity index (χ2v) is 4.44. The maximum Gasteiger partial charge on any atom is 0.305 e. The molecule has 0 bridgehead atoms. The van der Waals surface area contributed by atoms with Crippen molar-refractivity contribution in [3.8, 4) is 0 Å². The molecule has 0 fully saturated rings. The SMILES string of the molecule is O=C(Nc1ncnc(Cl)c1Cl)c1ccc(F)c([N+](=O)[O-])c1. The van der Waals surface area contributed by atoms with E-state index in [0.29, 0.717) is 0 Å². The van der Waals surface area contributed by atoms with Crippen LogP contribution >= 0.6 is 23.2 Å². The zero-order valence-electron chi connectivity index (χ0n) is 10.0. The molecule has 0 aliphatic rings. The molecule has 108 valence electrons. The normalized spacial score (nSPS) is 10.2. The molecule has 0 spiro atoms. The van der Waals surface area contributed by atoms with Gasteiger partial charge in [0.2, 0.25) is 5.82 Å². The number of aromatic nitrogens is 2. The molecule has 2 rings (SSSR count). The van der Waals surface area contributed by atoms with Crippen LogP contribution in [0.4, 0.5) is 15.9 Å². The second kappa shape index (κ2) is 5.98. The third-order valence-electron chi connectivity index (χ3n) is 2.38. The molecule has 0 saturated heterocycles. The highest BCUT2D eigenvalue weighted by Crippen LogP contribution is 2.26. The van der Waals surface area contributed by atoms with E-state index in [4.69, 9.17) is 23.2 Å². The average Bonchev–Trinajstić information content (AvgIpc) is 2.44. The molecule has 1 aromatic carbocycles. The molecule has 0 unspecified atom stereocenters. The monoisotopic (exact) mass is 330 g/mol. The van der Waals surface area contributed by atoms with Crippen LogP contribution in [0.3, 0.4) is 0 Å². The average molecular weight is 331 g/mol. The van der Waals surface area contributed by atoms with Gasteiger partial charge in [0.15, 0.2) is 11.0 Å². The number of carbonyl (C=O) groups excluding carboxylic acids is 1. The molecule has 0 aliphatic carbocycles. The lowest BCUT2D eigenvalue weighted by Gasteiger charge is -2.06. The number of nitro benzene ring substituents is 1. The Morgan fingerprint density at radius 2 is 2.05 bits per heavy atom. The van der Waals surface area contributed by atoms with Crippen LogP contribution in [0.15, 0.2) is 24.5 Å². The first kappa shape index (κ1) is 15.1. The molecule has 0 radical (unpaired) electrons. The Bertz CT molecular complexity index is 741. The first-order valence-electron chi connectivity index (χ1n) is 5.31. The zero-order chi connectivity index (χ0) is 15.6. The van der Waals surface area contributed by atoms with Crippen LogP contribution in [0.25, 0.3) is 0 Å². The standard InChI is InChI=1S/C11H5Cl2FN4O3/c12-8-9(13)15-4-16-10(8)17-11(19)5-1-2-6(14)7(3-5)18(20)21/h1-4H,(H,15,16,17,19). The highest BCUT2D eigenvalue weighted by Gasteiger charge is 2.19. The molecule has 0 atom stereocenters. The number of anilines is 1. The molecule has 2 aromatic rings. The van der Waals surface area contributed by atoms with Crippen molar-refractivity contribution in [3.63, 3.8) is 0 Å². The van der Waals surface area contributed by atoms with E-state index in [9.17, 15) is 19.3 Å². The van der Waals surface area contributed by atoms with Crippen molar-refractivity contribution in [2.45, 2.75) is 0 Å². The highest BCUT2D eigenvalue weighted by molar-refractivity contribution is 6.43. The lowest BCUT2D eigenvalue weighted by atomic mass is 10.2. The van der Waals surface area contributed by atoms with Crippen LogP contribution in [-0.2, 0) is 0 Å². The van der Waals surface area contributed by atoms with Crippen LogP contribution in [0.2, 0.25) is 10.2 Å². The first-order chi connectivity index (χ1) is 9.90. The lowest BCUT2D eigenvalue weighted by Crippen LogP contribution is -2.14. The predicted molar refractivity (Wildman–Crippen MR) is 73.1 cm³/mol. The summed E-state index contributed by atoms with van der Waals surface area (Å²) in [4.78, 5) is 29.0. The summed E-state index contributed by atoms with van der Waals surface area (Å²) >= 11 is 11.4. The number of nitrogens with zero attached hydrogens (tertiary/aromatic N) is 3. The number of halogens is 3. The minimum absolute atomic E-state index is 0.0614. The molecule has 1 amide bonds. The third-order valence-corrected chi connectivity index (χ3v) is 3.13. The second-order valence-electron chi connectivity index (χ2n) is 3.70. The maximum atomic E-state index is 13.2. The minimum Gasteiger partial charge on any atom is -0.305 e. The maximum absolute atomic E-state index is 13.2. The van der Waals surface area contributed by atoms with E-state index in [1.807, 2.05) is 0 Å². The van der Waals surface area contributed by atoms with Crippen molar-refractivity contribution in [1.29, 1.82) is 0 Å². The predicted octanol–water partition coefficient (Wildman–Crippen LogP) is 3.08. The van der Waals surface area contributed by atoms with Crippen LogP contribution in [-0.4, -0.2) is 20.8 Å². The van der Waals surface area contributed by atoms with Gasteiger partial charge in [0.1, 0.15) is 11.3 Å². The summed E-state index contributed by atoms with van der Waals surface area (Å²) in [6.07, 6.45) is 1.08. The van der Waals surface area contributed by atoms with Crippen LogP contribution in [0.5, 0.6) is 0 Å². The quantitative estimate of drug-likeness (QED) is 0.529. The van der Waals surface area contributed by atoms with Crippen molar-refractivity contribution in [1.82, 2.24) is 9.97 Å². The summed E-state index contributed by atoms with van der Waals surface area (Å²) in [5.41, 5.74) is -0.941. The fourth-order valence-corrected chi connectivity index (χ4v) is 1.69. The van der Waals surface area contributed by atoms with Gasteiger partial charge < -0.3 is 5.32 Å². The van der Waals surface area contributed by atoms with Gasteiger partial charge in [-0.3, -0.25) is 14.9 Å². The van der Waals surface area contributed by atoms with Crippen molar-refractivity contribution < 1.29 is 14.1 Å². The van der Waals surface area contributed by atoms with E-state index < -0.39 is 22.3 Å². The van der Waals surface area contributed by atoms with Gasteiger partial charge in [-0.25, -0.2) is 9.97 Å². The summed E-state index contributed by atoms with van der Waals surface area (Å²) in [7, 11) is 0. The number of amides is 1. The summed E-state index contributed by atoms with van der Waals surface area (Å²) in [6, 6.07) is 2.72. The van der Waals surface area contributed by atoms with E-state index >= 15 is 0 Å². The molecule has 21 heavy (non-hydrogen) atoms. The van der Waals surface area contributed by atoms with Gasteiger partial charge in [0.05, 0.1) is 4.92 Å². The Kier molecular flexibility index (Phi) is 4.29. The number of hydrogen-bond donors (Lipinski definition) is 1. The first-order valence-corrected chi connectivity index (χ1v) is 6.07. The number of hydrogen-bond acceptors (Lipinski definition) is 5. The van der Waals surface area contributed by atoms with Gasteiger partial charge >= 0.3 is 5.69 Å². The molecule has 7 nitrogen and oxygen atoms in total. The molecule has 0 saturated carbocycles. The smallest absolute Gasteiger partial charge is 0.305 e. The van der Waals surface area contributed by atoms with Crippen molar-refractivity contribution >= 4 is 40.6 Å². The van der Waals surface area contributed by atoms with Gasteiger partial charge in [-0.15, -0.1) is 0 Å². The number of carbonyl (C=O) groups is 1. The van der Waals surface area contributed by atoms with Gasteiger partial charge in [0.25, 0.3) is 5.91 Å². The summed E-state index contributed by atoms with van der Waals surface area (Å²) in [5, 5.41) is 12.8. The summed E-state index contributed by atoms with van der Waals surface area (Å²) in [6.45, 7) is 0. The van der Waals surface area contributed by atoms with Crippen LogP contribution < -0.4 is 5.32 Å². The van der Waals surface area contributed by atoms with Crippen molar-refractivity contribution in [3.05, 3.63) is 56.2 Å². The number of rotatable bonds is 3. The van der Waals surface area contributed by atoms with E-state index in [0.717, 1.165) is 24.5 Å². The Labute approximate surface area is 126 Å². The lowest BCUT2D eigenvalue weighted by molar-refractivity contribution is -0.387. The number of benzene rings is 1. The third kappa shape index (κ3) is 3.23. The highest BCUT2D eigenvalue weighted by atomic mass is 35.5. The Hall–Kier alpha value is -2.32. The fourth-order valence-electron chi connectivity index (χ4n) is 1.41. The Morgan fingerprint density at radius 1 is 1.33 bits per heavy atom. The van der Waals surface area contributed by atoms with Crippen LogP contribution in [0, 0.1) is 15.9 Å². The van der Waals surface area contributed by atoms with E-state index in [1.54, 1.807) is 0 Å². The van der Waals surface area contributed by atoms with Gasteiger partial charge in [0, 0.05) is 11.6 Å².